The summed E-state index contributed by atoms with van der Waals surface area (Å²) in [6, 6.07) is 14.1. The maximum Gasteiger partial charge on any atom is 0.252 e. The molecule has 0 aliphatic heterocycles. The molecule has 0 aromatic heterocycles. The first-order valence-corrected chi connectivity index (χ1v) is 13.1. The molecule has 0 bridgehead atoms. The highest BCUT2D eigenvalue weighted by Crippen LogP contribution is 2.27. The molecule has 0 heterocycles. The monoisotopic (exact) mass is 466 g/mol. The van der Waals surface area contributed by atoms with Crippen molar-refractivity contribution in [2.45, 2.75) is 62.3 Å². The third-order valence-electron chi connectivity index (χ3n) is 6.72. The van der Waals surface area contributed by atoms with Gasteiger partial charge in [0.05, 0.1) is 17.9 Å². The van der Waals surface area contributed by atoms with Crippen LogP contribution in [0.1, 0.15) is 60.0 Å². The van der Waals surface area contributed by atoms with Crippen molar-refractivity contribution in [2.75, 3.05) is 26.0 Å². The summed E-state index contributed by atoms with van der Waals surface area (Å²) in [6.45, 7) is 0.850. The fraction of sp³-hybridized carbons (Fsp3) is 0.481. The third kappa shape index (κ3) is 6.32. The van der Waals surface area contributed by atoms with Crippen molar-refractivity contribution in [2.24, 2.45) is 0 Å². The lowest BCUT2D eigenvalue weighted by Crippen LogP contribution is -2.39. The number of benzene rings is 2. The normalized spacial score (nSPS) is 15.7. The van der Waals surface area contributed by atoms with Crippen LogP contribution in [0.15, 0.2) is 47.4 Å². The van der Waals surface area contributed by atoms with Crippen LogP contribution >= 0.6 is 11.8 Å². The van der Waals surface area contributed by atoms with Crippen LogP contribution in [0.2, 0.25) is 0 Å². The minimum absolute atomic E-state index is 0.129. The Morgan fingerprint density at radius 3 is 2.67 bits per heavy atom. The van der Waals surface area contributed by atoms with E-state index in [0.717, 1.165) is 36.3 Å². The Morgan fingerprint density at radius 2 is 1.82 bits per heavy atom. The summed E-state index contributed by atoms with van der Waals surface area (Å²) in [5, 5.41) is 2.95. The number of fused-ring (bicyclic) bond motifs is 1. The van der Waals surface area contributed by atoms with Crippen LogP contribution in [0.4, 0.5) is 0 Å². The number of hydrogen-bond donors (Lipinski definition) is 1. The van der Waals surface area contributed by atoms with E-state index in [-0.39, 0.29) is 11.8 Å². The molecule has 4 rings (SSSR count). The van der Waals surface area contributed by atoms with E-state index in [1.54, 1.807) is 0 Å². The maximum atomic E-state index is 12.8. The van der Waals surface area contributed by atoms with Gasteiger partial charge in [-0.3, -0.25) is 9.59 Å². The zero-order valence-corrected chi connectivity index (χ0v) is 20.3. The summed E-state index contributed by atoms with van der Waals surface area (Å²) in [6.07, 6.45) is 9.37. The fourth-order valence-corrected chi connectivity index (χ4v) is 5.73. The van der Waals surface area contributed by atoms with Gasteiger partial charge in [-0.2, -0.15) is 0 Å². The summed E-state index contributed by atoms with van der Waals surface area (Å²) >= 11 is 1.44. The highest BCUT2D eigenvalue weighted by Gasteiger charge is 2.22. The quantitative estimate of drug-likeness (QED) is 0.423. The predicted octanol–water partition coefficient (Wildman–Crippen LogP) is 4.87. The molecule has 2 aromatic rings. The van der Waals surface area contributed by atoms with Crippen LogP contribution in [0, 0.1) is 0 Å². The van der Waals surface area contributed by atoms with Gasteiger partial charge >= 0.3 is 0 Å². The first-order valence-electron chi connectivity index (χ1n) is 12.1. The number of ether oxygens (including phenoxy) is 1. The van der Waals surface area contributed by atoms with Crippen molar-refractivity contribution in [1.29, 1.82) is 0 Å². The maximum absolute atomic E-state index is 12.8. The summed E-state index contributed by atoms with van der Waals surface area (Å²) in [4.78, 5) is 28.2. The van der Waals surface area contributed by atoms with Gasteiger partial charge in [-0.15, -0.1) is 11.8 Å². The topological polar surface area (TPSA) is 58.6 Å². The zero-order valence-electron chi connectivity index (χ0n) is 19.5. The van der Waals surface area contributed by atoms with Crippen molar-refractivity contribution >= 4 is 23.6 Å². The number of rotatable bonds is 9. The molecular weight excluding hydrogens is 432 g/mol. The molecular formula is C27H34N2O3S. The highest BCUT2D eigenvalue weighted by molar-refractivity contribution is 8.00. The zero-order chi connectivity index (χ0) is 23.0. The van der Waals surface area contributed by atoms with Gasteiger partial charge in [0.2, 0.25) is 5.91 Å². The molecule has 2 aliphatic rings. The first kappa shape index (κ1) is 23.7. The Balaban J connectivity index is 1.24. The van der Waals surface area contributed by atoms with E-state index >= 15 is 0 Å². The largest absolute Gasteiger partial charge is 0.492 e. The molecule has 1 fully saturated rings. The summed E-state index contributed by atoms with van der Waals surface area (Å²) in [5.74, 6) is 1.20. The SMILES string of the molecule is CN(C(=O)CSc1ccccc1C(=O)NCCOc1ccc2c(c1)CCC2)C1CCCCC1. The van der Waals surface area contributed by atoms with Crippen LogP contribution in [-0.2, 0) is 17.6 Å². The number of nitrogens with one attached hydrogen (secondary N) is 1. The smallest absolute Gasteiger partial charge is 0.252 e. The van der Waals surface area contributed by atoms with Crippen LogP contribution in [0.25, 0.3) is 0 Å². The Labute approximate surface area is 201 Å². The number of hydrogen-bond acceptors (Lipinski definition) is 4. The average Bonchev–Trinajstić information content (AvgIpc) is 3.33. The van der Waals surface area contributed by atoms with Gasteiger partial charge in [0.1, 0.15) is 12.4 Å². The van der Waals surface area contributed by atoms with Crippen LogP contribution in [0.5, 0.6) is 5.75 Å². The summed E-state index contributed by atoms with van der Waals surface area (Å²) in [7, 11) is 1.92. The molecule has 1 N–H and O–H groups in total. The van der Waals surface area contributed by atoms with Gasteiger partial charge in [0.15, 0.2) is 0 Å². The van der Waals surface area contributed by atoms with Gasteiger partial charge < -0.3 is 15.0 Å². The molecule has 2 aromatic carbocycles. The fourth-order valence-electron chi connectivity index (χ4n) is 4.76. The molecule has 176 valence electrons. The van der Waals surface area contributed by atoms with E-state index in [1.165, 1.54) is 48.6 Å². The lowest BCUT2D eigenvalue weighted by atomic mass is 9.94. The Kier molecular flexibility index (Phi) is 8.32. The number of thioether (sulfide) groups is 1. The second kappa shape index (κ2) is 11.6. The third-order valence-corrected chi connectivity index (χ3v) is 7.78. The van der Waals surface area contributed by atoms with Crippen LogP contribution < -0.4 is 10.1 Å². The number of carbonyl (C=O) groups excluding carboxylic acids is 2. The Hall–Kier alpha value is -2.47. The van der Waals surface area contributed by atoms with E-state index in [0.29, 0.717) is 30.5 Å². The number of amides is 2. The van der Waals surface area contributed by atoms with Crippen molar-refractivity contribution in [3.8, 4) is 5.75 Å². The number of aryl methyl sites for hydroxylation is 2. The molecule has 0 saturated heterocycles. The van der Waals surface area contributed by atoms with Gasteiger partial charge in [-0.25, -0.2) is 0 Å². The molecule has 1 saturated carbocycles. The van der Waals surface area contributed by atoms with E-state index in [4.69, 9.17) is 4.74 Å². The van der Waals surface area contributed by atoms with Crippen molar-refractivity contribution in [3.63, 3.8) is 0 Å². The number of nitrogens with zero attached hydrogens (tertiary/aromatic N) is 1. The molecule has 33 heavy (non-hydrogen) atoms. The molecule has 0 spiro atoms. The number of carbonyl (C=O) groups is 2. The van der Waals surface area contributed by atoms with E-state index in [2.05, 4.69) is 17.4 Å². The lowest BCUT2D eigenvalue weighted by molar-refractivity contribution is -0.129. The van der Waals surface area contributed by atoms with Gasteiger partial charge in [-0.05, 0) is 67.5 Å². The highest BCUT2D eigenvalue weighted by atomic mass is 32.2. The molecule has 0 atom stereocenters. The Morgan fingerprint density at radius 1 is 1.03 bits per heavy atom. The molecule has 2 amide bonds. The second-order valence-electron chi connectivity index (χ2n) is 8.97. The molecule has 0 unspecified atom stereocenters. The molecule has 6 heteroatoms. The van der Waals surface area contributed by atoms with Crippen molar-refractivity contribution in [3.05, 3.63) is 59.2 Å². The standard InChI is InChI=1S/C27H34N2O3S/c1-29(22-10-3-2-4-11-22)26(30)19-33-25-13-6-5-12-24(25)27(31)28-16-17-32-23-15-14-20-8-7-9-21(20)18-23/h5-6,12-15,18,22H,2-4,7-11,16-17,19H2,1H3,(H,28,31). The van der Waals surface area contributed by atoms with Crippen LogP contribution in [-0.4, -0.2) is 48.7 Å². The van der Waals surface area contributed by atoms with Gasteiger partial charge in [0.25, 0.3) is 5.91 Å². The average molecular weight is 467 g/mol. The second-order valence-corrected chi connectivity index (χ2v) is 9.99. The van der Waals surface area contributed by atoms with E-state index in [1.807, 2.05) is 42.3 Å². The van der Waals surface area contributed by atoms with Gasteiger partial charge in [-0.1, -0.05) is 37.5 Å². The van der Waals surface area contributed by atoms with Gasteiger partial charge in [0, 0.05) is 18.0 Å². The first-order chi connectivity index (χ1) is 16.1. The minimum atomic E-state index is -0.135. The summed E-state index contributed by atoms with van der Waals surface area (Å²) in [5.41, 5.74) is 3.41. The Bertz CT molecular complexity index is 972. The summed E-state index contributed by atoms with van der Waals surface area (Å²) < 4.78 is 5.84. The molecule has 0 radical (unpaired) electrons. The van der Waals surface area contributed by atoms with Crippen LogP contribution in [0.3, 0.4) is 0 Å². The van der Waals surface area contributed by atoms with Crippen molar-refractivity contribution < 1.29 is 14.3 Å². The lowest BCUT2D eigenvalue weighted by Gasteiger charge is -2.31. The van der Waals surface area contributed by atoms with E-state index in [9.17, 15) is 9.59 Å². The van der Waals surface area contributed by atoms with E-state index < -0.39 is 0 Å². The van der Waals surface area contributed by atoms with Crippen molar-refractivity contribution in [1.82, 2.24) is 10.2 Å². The molecule has 5 nitrogen and oxygen atoms in total. The minimum Gasteiger partial charge on any atom is -0.492 e. The molecule has 2 aliphatic carbocycles. The predicted molar refractivity (Wildman–Crippen MR) is 133 cm³/mol.